The van der Waals surface area contributed by atoms with Crippen LogP contribution in [0.5, 0.6) is 0 Å². The number of aliphatic hydroxyl groups excluding tert-OH is 1. The number of rotatable bonds is 9. The van der Waals surface area contributed by atoms with Crippen LogP contribution < -0.4 is 0 Å². The molecule has 0 aliphatic heterocycles. The fourth-order valence-electron chi connectivity index (χ4n) is 2.35. The fourth-order valence-corrected chi connectivity index (χ4v) is 2.35. The van der Waals surface area contributed by atoms with Crippen molar-refractivity contribution >= 4 is 0 Å². The van der Waals surface area contributed by atoms with Crippen molar-refractivity contribution in [3.05, 3.63) is 72.7 Å². The number of allylic oxidation sites excluding steroid dienone is 1. The van der Waals surface area contributed by atoms with Crippen molar-refractivity contribution in [3.8, 4) is 0 Å². The molecule has 1 N–H and O–H groups in total. The molecule has 0 spiro atoms. The summed E-state index contributed by atoms with van der Waals surface area (Å²) >= 11 is 0. The third-order valence-corrected chi connectivity index (χ3v) is 3.38. The molecule has 2 rings (SSSR count). The van der Waals surface area contributed by atoms with Crippen molar-refractivity contribution in [2.45, 2.75) is 32.0 Å². The Kier molecular flexibility index (Phi) is 6.25. The van der Waals surface area contributed by atoms with Crippen LogP contribution in [-0.2, 0) is 13.1 Å². The van der Waals surface area contributed by atoms with Crippen LogP contribution in [0, 0.1) is 0 Å². The summed E-state index contributed by atoms with van der Waals surface area (Å²) in [5.74, 6) is 0.918. The molecule has 0 saturated heterocycles. The Hall–Kier alpha value is -1.84. The summed E-state index contributed by atoms with van der Waals surface area (Å²) in [6.45, 7) is 5.83. The van der Waals surface area contributed by atoms with Gasteiger partial charge in [-0.1, -0.05) is 36.4 Å². The molecule has 2 aromatic rings. The summed E-state index contributed by atoms with van der Waals surface area (Å²) < 4.78 is 5.42. The van der Waals surface area contributed by atoms with E-state index in [1.54, 1.807) is 6.26 Å². The highest BCUT2D eigenvalue weighted by Gasteiger charge is 2.13. The van der Waals surface area contributed by atoms with E-state index in [4.69, 9.17) is 4.42 Å². The number of hydrogen-bond donors (Lipinski definition) is 1. The van der Waals surface area contributed by atoms with Crippen molar-refractivity contribution in [2.75, 3.05) is 6.54 Å². The summed E-state index contributed by atoms with van der Waals surface area (Å²) in [5, 5.41) is 10.1. The molecule has 0 amide bonds. The lowest BCUT2D eigenvalue weighted by atomic mass is 10.1. The zero-order valence-electron chi connectivity index (χ0n) is 12.3. The van der Waals surface area contributed by atoms with Crippen molar-refractivity contribution in [3.63, 3.8) is 0 Å². The van der Waals surface area contributed by atoms with Gasteiger partial charge in [0, 0.05) is 13.1 Å². The number of aliphatic hydroxyl groups is 1. The van der Waals surface area contributed by atoms with Gasteiger partial charge in [0.05, 0.1) is 18.9 Å². The molecule has 0 saturated carbocycles. The second kappa shape index (κ2) is 8.45. The Labute approximate surface area is 126 Å². The lowest BCUT2D eigenvalue weighted by molar-refractivity contribution is 0.0945. The van der Waals surface area contributed by atoms with Crippen molar-refractivity contribution in [2.24, 2.45) is 0 Å². The van der Waals surface area contributed by atoms with Gasteiger partial charge in [-0.25, -0.2) is 0 Å². The molecule has 0 aliphatic carbocycles. The molecule has 0 bridgehead atoms. The molecule has 112 valence electrons. The van der Waals surface area contributed by atoms with Gasteiger partial charge in [0.1, 0.15) is 5.76 Å². The third kappa shape index (κ3) is 5.58. The van der Waals surface area contributed by atoms with E-state index in [1.807, 2.05) is 36.4 Å². The molecular weight excluding hydrogens is 262 g/mol. The van der Waals surface area contributed by atoms with Crippen LogP contribution in [-0.4, -0.2) is 22.7 Å². The summed E-state index contributed by atoms with van der Waals surface area (Å²) in [6.07, 6.45) is 4.76. The molecule has 21 heavy (non-hydrogen) atoms. The van der Waals surface area contributed by atoms with Gasteiger partial charge in [-0.15, -0.1) is 6.58 Å². The van der Waals surface area contributed by atoms with E-state index in [1.165, 1.54) is 5.56 Å². The van der Waals surface area contributed by atoms with Crippen molar-refractivity contribution in [1.29, 1.82) is 0 Å². The first kappa shape index (κ1) is 15.5. The molecular formula is C18H23NO2. The van der Waals surface area contributed by atoms with E-state index in [-0.39, 0.29) is 6.10 Å². The van der Waals surface area contributed by atoms with Gasteiger partial charge in [-0.2, -0.15) is 0 Å². The average molecular weight is 285 g/mol. The number of nitrogens with zero attached hydrogens (tertiary/aromatic N) is 1. The Morgan fingerprint density at radius 3 is 2.62 bits per heavy atom. The van der Waals surface area contributed by atoms with Crippen LogP contribution in [0.15, 0.2) is 65.8 Å². The van der Waals surface area contributed by atoms with Crippen molar-refractivity contribution in [1.82, 2.24) is 4.90 Å². The van der Waals surface area contributed by atoms with Crippen LogP contribution in [0.25, 0.3) is 0 Å². The van der Waals surface area contributed by atoms with Crippen LogP contribution in [0.1, 0.15) is 24.2 Å². The van der Waals surface area contributed by atoms with E-state index >= 15 is 0 Å². The van der Waals surface area contributed by atoms with Crippen LogP contribution in [0.3, 0.4) is 0 Å². The van der Waals surface area contributed by atoms with Gasteiger partial charge < -0.3 is 9.52 Å². The first-order valence-electron chi connectivity index (χ1n) is 7.35. The van der Waals surface area contributed by atoms with Gasteiger partial charge in [0.15, 0.2) is 0 Å². The summed E-state index contributed by atoms with van der Waals surface area (Å²) in [5.41, 5.74) is 1.24. The molecule has 1 atom stereocenters. The molecule has 3 nitrogen and oxygen atoms in total. The standard InChI is InChI=1S/C18H23NO2/c1-2-3-10-17(20)14-19(15-18-11-7-12-21-18)13-16-8-5-4-6-9-16/h2,4-9,11-12,17,20H,1,3,10,13-15H2/t17-/m0/s1. The summed E-state index contributed by atoms with van der Waals surface area (Å²) in [4.78, 5) is 2.21. The molecule has 0 unspecified atom stereocenters. The highest BCUT2D eigenvalue weighted by Crippen LogP contribution is 2.12. The molecule has 0 fully saturated rings. The van der Waals surface area contributed by atoms with Gasteiger partial charge >= 0.3 is 0 Å². The highest BCUT2D eigenvalue weighted by molar-refractivity contribution is 5.14. The molecule has 1 aromatic heterocycles. The average Bonchev–Trinajstić information content (AvgIpc) is 2.99. The minimum Gasteiger partial charge on any atom is -0.468 e. The smallest absolute Gasteiger partial charge is 0.117 e. The topological polar surface area (TPSA) is 36.6 Å². The van der Waals surface area contributed by atoms with Crippen LogP contribution in [0.2, 0.25) is 0 Å². The summed E-state index contributed by atoms with van der Waals surface area (Å²) in [6, 6.07) is 14.1. The molecule has 0 aliphatic rings. The Bertz CT molecular complexity index is 507. The molecule has 1 aromatic carbocycles. The van der Waals surface area contributed by atoms with Gasteiger partial charge in [0.2, 0.25) is 0 Å². The Morgan fingerprint density at radius 2 is 1.95 bits per heavy atom. The lowest BCUT2D eigenvalue weighted by Crippen LogP contribution is -2.31. The number of benzene rings is 1. The monoisotopic (exact) mass is 285 g/mol. The van der Waals surface area contributed by atoms with E-state index in [0.29, 0.717) is 13.1 Å². The maximum atomic E-state index is 10.1. The largest absolute Gasteiger partial charge is 0.468 e. The lowest BCUT2D eigenvalue weighted by Gasteiger charge is -2.24. The third-order valence-electron chi connectivity index (χ3n) is 3.38. The van der Waals surface area contributed by atoms with Crippen LogP contribution in [0.4, 0.5) is 0 Å². The second-order valence-electron chi connectivity index (χ2n) is 5.25. The number of furan rings is 1. The Balaban J connectivity index is 1.97. The van der Waals surface area contributed by atoms with Gasteiger partial charge in [-0.3, -0.25) is 4.90 Å². The number of hydrogen-bond acceptors (Lipinski definition) is 3. The zero-order valence-corrected chi connectivity index (χ0v) is 12.3. The second-order valence-corrected chi connectivity index (χ2v) is 5.25. The normalized spacial score (nSPS) is 12.5. The minimum absolute atomic E-state index is 0.346. The predicted molar refractivity (Wildman–Crippen MR) is 84.7 cm³/mol. The van der Waals surface area contributed by atoms with Gasteiger partial charge in [-0.05, 0) is 30.5 Å². The zero-order chi connectivity index (χ0) is 14.9. The first-order chi connectivity index (χ1) is 10.3. The first-order valence-corrected chi connectivity index (χ1v) is 7.35. The summed E-state index contributed by atoms with van der Waals surface area (Å²) in [7, 11) is 0. The maximum Gasteiger partial charge on any atom is 0.117 e. The fraction of sp³-hybridized carbons (Fsp3) is 0.333. The quantitative estimate of drug-likeness (QED) is 0.715. The van der Waals surface area contributed by atoms with Crippen molar-refractivity contribution < 1.29 is 9.52 Å². The van der Waals surface area contributed by atoms with E-state index < -0.39 is 0 Å². The van der Waals surface area contributed by atoms with Crippen LogP contribution >= 0.6 is 0 Å². The Morgan fingerprint density at radius 1 is 1.14 bits per heavy atom. The highest BCUT2D eigenvalue weighted by atomic mass is 16.3. The molecule has 0 radical (unpaired) electrons. The maximum absolute atomic E-state index is 10.1. The predicted octanol–water partition coefficient (Wildman–Crippen LogP) is 3.61. The van der Waals surface area contributed by atoms with E-state index in [9.17, 15) is 5.11 Å². The molecule has 3 heteroatoms. The van der Waals surface area contributed by atoms with E-state index in [2.05, 4.69) is 23.6 Å². The van der Waals surface area contributed by atoms with E-state index in [0.717, 1.165) is 25.1 Å². The minimum atomic E-state index is -0.346. The SMILES string of the molecule is C=CCC[C@H](O)CN(Cc1ccccc1)Cc1ccco1. The van der Waals surface area contributed by atoms with Gasteiger partial charge in [0.25, 0.3) is 0 Å². The molecule has 1 heterocycles.